The lowest BCUT2D eigenvalue weighted by Gasteiger charge is -2.26. The van der Waals surface area contributed by atoms with Gasteiger partial charge >= 0.3 is 0 Å². The molecule has 0 amide bonds. The molecule has 0 saturated carbocycles. The van der Waals surface area contributed by atoms with Crippen LogP contribution in [-0.2, 0) is 0 Å². The summed E-state index contributed by atoms with van der Waals surface area (Å²) in [6.45, 7) is 5.27. The van der Waals surface area contributed by atoms with Gasteiger partial charge in [0.15, 0.2) is 0 Å². The van der Waals surface area contributed by atoms with Crippen LogP contribution in [-0.4, -0.2) is 29.5 Å². The van der Waals surface area contributed by atoms with Crippen LogP contribution < -0.4 is 5.73 Å². The van der Waals surface area contributed by atoms with Crippen molar-refractivity contribution in [1.29, 1.82) is 0 Å². The smallest absolute Gasteiger partial charge is 0.0644 e. The van der Waals surface area contributed by atoms with Crippen LogP contribution in [0.25, 0.3) is 0 Å². The van der Waals surface area contributed by atoms with E-state index in [1.807, 2.05) is 18.3 Å². The highest BCUT2D eigenvalue weighted by atomic mass is 15.2. The molecule has 3 nitrogen and oxygen atoms in total. The molecule has 1 saturated heterocycles. The quantitative estimate of drug-likeness (QED) is 0.840. The van der Waals surface area contributed by atoms with Gasteiger partial charge in [-0.25, -0.2) is 0 Å². The molecule has 2 rings (SSSR count). The average molecular weight is 219 g/mol. The maximum atomic E-state index is 5.89. The largest absolute Gasteiger partial charge is 0.329 e. The minimum Gasteiger partial charge on any atom is -0.329 e. The van der Waals surface area contributed by atoms with Gasteiger partial charge in [0.25, 0.3) is 0 Å². The first-order valence-electron chi connectivity index (χ1n) is 6.20. The number of hydrogen-bond acceptors (Lipinski definition) is 3. The number of likely N-dealkylation sites (tertiary alicyclic amines) is 1. The third kappa shape index (κ3) is 2.42. The number of hydrogen-bond donors (Lipinski definition) is 1. The molecule has 1 aromatic rings. The molecule has 2 unspecified atom stereocenters. The van der Waals surface area contributed by atoms with Crippen LogP contribution in [0, 0.1) is 5.92 Å². The Kier molecular flexibility index (Phi) is 3.91. The van der Waals surface area contributed by atoms with E-state index in [0.717, 1.165) is 18.2 Å². The lowest BCUT2D eigenvalue weighted by molar-refractivity contribution is 0.236. The number of aromatic nitrogens is 1. The van der Waals surface area contributed by atoms with Crippen LogP contribution in [0.5, 0.6) is 0 Å². The van der Waals surface area contributed by atoms with Crippen molar-refractivity contribution in [2.45, 2.75) is 25.8 Å². The Morgan fingerprint density at radius 2 is 2.44 bits per heavy atom. The molecule has 1 fully saturated rings. The first-order valence-corrected chi connectivity index (χ1v) is 6.20. The second kappa shape index (κ2) is 5.41. The van der Waals surface area contributed by atoms with E-state index in [1.165, 1.54) is 19.4 Å². The second-order valence-electron chi connectivity index (χ2n) is 4.56. The lowest BCUT2D eigenvalue weighted by atomic mass is 10.1. The van der Waals surface area contributed by atoms with Crippen molar-refractivity contribution in [2.75, 3.05) is 19.6 Å². The van der Waals surface area contributed by atoms with E-state index in [1.54, 1.807) is 0 Å². The maximum Gasteiger partial charge on any atom is 0.0644 e. The molecule has 1 aliphatic heterocycles. The van der Waals surface area contributed by atoms with Crippen LogP contribution >= 0.6 is 0 Å². The minimum absolute atomic E-state index is 0.303. The third-order valence-corrected chi connectivity index (χ3v) is 3.59. The molecule has 2 N–H and O–H groups in total. The zero-order valence-electron chi connectivity index (χ0n) is 9.97. The van der Waals surface area contributed by atoms with E-state index in [-0.39, 0.29) is 0 Å². The molecular formula is C13H21N3. The molecule has 16 heavy (non-hydrogen) atoms. The van der Waals surface area contributed by atoms with Crippen LogP contribution in [0.3, 0.4) is 0 Å². The fraction of sp³-hybridized carbons (Fsp3) is 0.615. The Labute approximate surface area is 97.7 Å². The normalized spacial score (nSPS) is 23.5. The third-order valence-electron chi connectivity index (χ3n) is 3.59. The molecule has 0 spiro atoms. The zero-order chi connectivity index (χ0) is 11.4. The van der Waals surface area contributed by atoms with Crippen LogP contribution in [0.4, 0.5) is 0 Å². The first kappa shape index (κ1) is 11.6. The molecule has 1 aromatic heterocycles. The van der Waals surface area contributed by atoms with E-state index in [0.29, 0.717) is 12.6 Å². The SMILES string of the molecule is CCC1CCN(C(CN)c2ccccn2)C1. The monoisotopic (exact) mass is 219 g/mol. The Morgan fingerprint density at radius 1 is 1.56 bits per heavy atom. The van der Waals surface area contributed by atoms with Gasteiger partial charge in [-0.3, -0.25) is 9.88 Å². The molecule has 1 aliphatic rings. The number of nitrogens with zero attached hydrogens (tertiary/aromatic N) is 2. The van der Waals surface area contributed by atoms with Crippen molar-refractivity contribution in [3.8, 4) is 0 Å². The molecule has 2 atom stereocenters. The van der Waals surface area contributed by atoms with Crippen LogP contribution in [0.2, 0.25) is 0 Å². The Hall–Kier alpha value is -0.930. The lowest BCUT2D eigenvalue weighted by Crippen LogP contribution is -2.32. The fourth-order valence-corrected chi connectivity index (χ4v) is 2.51. The molecule has 0 bridgehead atoms. The van der Waals surface area contributed by atoms with Gasteiger partial charge in [0, 0.05) is 19.3 Å². The van der Waals surface area contributed by atoms with Crippen LogP contribution in [0.1, 0.15) is 31.5 Å². The Morgan fingerprint density at radius 3 is 3.00 bits per heavy atom. The molecule has 3 heteroatoms. The van der Waals surface area contributed by atoms with Crippen LogP contribution in [0.15, 0.2) is 24.4 Å². The summed E-state index contributed by atoms with van der Waals surface area (Å²) in [5, 5.41) is 0. The summed E-state index contributed by atoms with van der Waals surface area (Å²) in [6, 6.07) is 6.38. The molecule has 88 valence electrons. The van der Waals surface area contributed by atoms with Crippen molar-refractivity contribution >= 4 is 0 Å². The van der Waals surface area contributed by atoms with Gasteiger partial charge in [-0.1, -0.05) is 19.4 Å². The highest BCUT2D eigenvalue weighted by molar-refractivity contribution is 5.10. The minimum atomic E-state index is 0.303. The van der Waals surface area contributed by atoms with Gasteiger partial charge in [0.1, 0.15) is 0 Å². The summed E-state index contributed by atoms with van der Waals surface area (Å²) in [5.74, 6) is 0.845. The fourth-order valence-electron chi connectivity index (χ4n) is 2.51. The Bertz CT molecular complexity index is 312. The van der Waals surface area contributed by atoms with Gasteiger partial charge in [-0.15, -0.1) is 0 Å². The average Bonchev–Trinajstić information content (AvgIpc) is 2.80. The van der Waals surface area contributed by atoms with E-state index >= 15 is 0 Å². The summed E-state index contributed by atoms with van der Waals surface area (Å²) in [4.78, 5) is 6.91. The predicted molar refractivity (Wildman–Crippen MR) is 66.0 cm³/mol. The summed E-state index contributed by atoms with van der Waals surface area (Å²) >= 11 is 0. The molecular weight excluding hydrogens is 198 g/mol. The Balaban J connectivity index is 2.06. The molecule has 0 aliphatic carbocycles. The maximum absolute atomic E-state index is 5.89. The van der Waals surface area contributed by atoms with Gasteiger partial charge in [-0.2, -0.15) is 0 Å². The van der Waals surface area contributed by atoms with Crippen molar-refractivity contribution < 1.29 is 0 Å². The topological polar surface area (TPSA) is 42.1 Å². The highest BCUT2D eigenvalue weighted by Crippen LogP contribution is 2.27. The van der Waals surface area contributed by atoms with Gasteiger partial charge in [0.2, 0.25) is 0 Å². The summed E-state index contributed by atoms with van der Waals surface area (Å²) in [6.07, 6.45) is 4.43. The number of pyridine rings is 1. The number of rotatable bonds is 4. The van der Waals surface area contributed by atoms with E-state index in [2.05, 4.69) is 22.9 Å². The van der Waals surface area contributed by atoms with Crippen molar-refractivity contribution in [2.24, 2.45) is 11.7 Å². The summed E-state index contributed by atoms with van der Waals surface area (Å²) < 4.78 is 0. The van der Waals surface area contributed by atoms with Gasteiger partial charge < -0.3 is 5.73 Å². The number of nitrogens with two attached hydrogens (primary N) is 1. The van der Waals surface area contributed by atoms with E-state index in [9.17, 15) is 0 Å². The van der Waals surface area contributed by atoms with Gasteiger partial charge in [0.05, 0.1) is 11.7 Å². The highest BCUT2D eigenvalue weighted by Gasteiger charge is 2.27. The van der Waals surface area contributed by atoms with Crippen molar-refractivity contribution in [1.82, 2.24) is 9.88 Å². The van der Waals surface area contributed by atoms with E-state index in [4.69, 9.17) is 5.73 Å². The molecule has 0 radical (unpaired) electrons. The molecule has 0 aromatic carbocycles. The second-order valence-corrected chi connectivity index (χ2v) is 4.56. The predicted octanol–water partition coefficient (Wildman–Crippen LogP) is 1.81. The van der Waals surface area contributed by atoms with E-state index < -0.39 is 0 Å². The van der Waals surface area contributed by atoms with Gasteiger partial charge in [-0.05, 0) is 31.0 Å². The summed E-state index contributed by atoms with van der Waals surface area (Å²) in [5.41, 5.74) is 7.00. The molecule has 2 heterocycles. The standard InChI is InChI=1S/C13H21N3/c1-2-11-6-8-16(10-11)13(9-14)12-5-3-4-7-15-12/h3-5,7,11,13H,2,6,8-10,14H2,1H3. The zero-order valence-corrected chi connectivity index (χ0v) is 9.97. The van der Waals surface area contributed by atoms with Crippen molar-refractivity contribution in [3.05, 3.63) is 30.1 Å². The van der Waals surface area contributed by atoms with Crippen molar-refractivity contribution in [3.63, 3.8) is 0 Å². The first-order chi connectivity index (χ1) is 7.85. The summed E-state index contributed by atoms with van der Waals surface area (Å²) in [7, 11) is 0.